The Labute approximate surface area is 142 Å². The van der Waals surface area contributed by atoms with Crippen molar-refractivity contribution in [2.45, 2.75) is 19.4 Å². The number of halogens is 1. The summed E-state index contributed by atoms with van der Waals surface area (Å²) < 4.78 is 13.7. The lowest BCUT2D eigenvalue weighted by Gasteiger charge is -2.38. The van der Waals surface area contributed by atoms with Crippen LogP contribution in [0.1, 0.15) is 24.1 Å². The van der Waals surface area contributed by atoms with Crippen LogP contribution < -0.4 is 0 Å². The van der Waals surface area contributed by atoms with Crippen LogP contribution in [0.15, 0.2) is 54.6 Å². The molecule has 0 N–H and O–H groups in total. The van der Waals surface area contributed by atoms with Gasteiger partial charge in [0.25, 0.3) is 0 Å². The van der Waals surface area contributed by atoms with Crippen molar-refractivity contribution in [2.75, 3.05) is 26.2 Å². The monoisotopic (exact) mass is 326 g/mol. The van der Waals surface area contributed by atoms with Crippen LogP contribution in [0.4, 0.5) is 4.39 Å². The summed E-state index contributed by atoms with van der Waals surface area (Å²) in [6.45, 7) is 5.29. The number of piperazine rings is 1. The van der Waals surface area contributed by atoms with E-state index in [2.05, 4.69) is 36.1 Å². The topological polar surface area (TPSA) is 23.6 Å². The Bertz CT molecular complexity index is 681. The molecule has 2 aromatic rings. The van der Waals surface area contributed by atoms with E-state index >= 15 is 0 Å². The molecule has 126 valence electrons. The number of hydrogen-bond acceptors (Lipinski definition) is 2. The Morgan fingerprint density at radius 3 is 2.29 bits per heavy atom. The van der Waals surface area contributed by atoms with Gasteiger partial charge in [0.1, 0.15) is 5.82 Å². The Balaban J connectivity index is 1.55. The number of nitrogens with zero attached hydrogens (tertiary/aromatic N) is 2. The third kappa shape index (κ3) is 3.82. The number of benzene rings is 2. The van der Waals surface area contributed by atoms with E-state index in [9.17, 15) is 9.18 Å². The van der Waals surface area contributed by atoms with Gasteiger partial charge in [0.15, 0.2) is 0 Å². The second-order valence-corrected chi connectivity index (χ2v) is 6.27. The highest BCUT2D eigenvalue weighted by Gasteiger charge is 2.25. The molecule has 1 unspecified atom stereocenters. The molecule has 1 heterocycles. The first-order valence-electron chi connectivity index (χ1n) is 8.45. The van der Waals surface area contributed by atoms with Crippen LogP contribution in [-0.2, 0) is 11.2 Å². The molecule has 1 atom stereocenters. The molecule has 3 rings (SSSR count). The number of hydrogen-bond donors (Lipinski definition) is 0. The molecule has 2 aromatic carbocycles. The first-order valence-corrected chi connectivity index (χ1v) is 8.45. The predicted molar refractivity (Wildman–Crippen MR) is 93.1 cm³/mol. The van der Waals surface area contributed by atoms with Crippen molar-refractivity contribution in [2.24, 2.45) is 0 Å². The first-order chi connectivity index (χ1) is 11.6. The lowest BCUT2D eigenvalue weighted by Crippen LogP contribution is -2.49. The SMILES string of the molecule is CC(c1ccccc1)N1CCN(C(=O)Cc2ccccc2F)CC1. The van der Waals surface area contributed by atoms with Crippen molar-refractivity contribution in [3.8, 4) is 0 Å². The van der Waals surface area contributed by atoms with Crippen molar-refractivity contribution in [3.05, 3.63) is 71.5 Å². The molecule has 1 amide bonds. The number of amides is 1. The fourth-order valence-electron chi connectivity index (χ4n) is 3.22. The van der Waals surface area contributed by atoms with E-state index in [1.54, 1.807) is 18.2 Å². The molecule has 1 fully saturated rings. The van der Waals surface area contributed by atoms with E-state index in [0.29, 0.717) is 24.7 Å². The number of carbonyl (C=O) groups excluding carboxylic acids is 1. The summed E-state index contributed by atoms with van der Waals surface area (Å²) in [7, 11) is 0. The largest absolute Gasteiger partial charge is 0.340 e. The highest BCUT2D eigenvalue weighted by molar-refractivity contribution is 5.79. The Morgan fingerprint density at radius 1 is 1.00 bits per heavy atom. The average molecular weight is 326 g/mol. The molecule has 1 aliphatic rings. The van der Waals surface area contributed by atoms with Gasteiger partial charge in [0, 0.05) is 32.2 Å². The summed E-state index contributed by atoms with van der Waals surface area (Å²) >= 11 is 0. The second-order valence-electron chi connectivity index (χ2n) is 6.27. The number of rotatable bonds is 4. The van der Waals surface area contributed by atoms with Gasteiger partial charge in [-0.3, -0.25) is 9.69 Å². The predicted octanol–water partition coefficient (Wildman–Crippen LogP) is 3.27. The van der Waals surface area contributed by atoms with Crippen LogP contribution in [0.3, 0.4) is 0 Å². The summed E-state index contributed by atoms with van der Waals surface area (Å²) in [6.07, 6.45) is 0.140. The van der Waals surface area contributed by atoms with Crippen LogP contribution in [0.25, 0.3) is 0 Å². The highest BCUT2D eigenvalue weighted by atomic mass is 19.1. The van der Waals surface area contributed by atoms with E-state index in [4.69, 9.17) is 0 Å². The molecule has 3 nitrogen and oxygen atoms in total. The molecule has 4 heteroatoms. The third-order valence-corrected chi connectivity index (χ3v) is 4.80. The molecule has 1 aliphatic heterocycles. The Hall–Kier alpha value is -2.20. The Morgan fingerprint density at radius 2 is 1.62 bits per heavy atom. The minimum atomic E-state index is -0.304. The molecule has 0 aliphatic carbocycles. The quantitative estimate of drug-likeness (QED) is 0.861. The summed E-state index contributed by atoms with van der Waals surface area (Å²) in [6, 6.07) is 17.3. The van der Waals surface area contributed by atoms with Crippen LogP contribution in [0.2, 0.25) is 0 Å². The lowest BCUT2D eigenvalue weighted by molar-refractivity contribution is -0.132. The van der Waals surface area contributed by atoms with E-state index < -0.39 is 0 Å². The smallest absolute Gasteiger partial charge is 0.227 e. The molecular formula is C20H23FN2O. The molecule has 24 heavy (non-hydrogen) atoms. The second kappa shape index (κ2) is 7.58. The van der Waals surface area contributed by atoms with Crippen LogP contribution >= 0.6 is 0 Å². The molecule has 0 aromatic heterocycles. The van der Waals surface area contributed by atoms with Gasteiger partial charge in [-0.2, -0.15) is 0 Å². The molecule has 0 spiro atoms. The third-order valence-electron chi connectivity index (χ3n) is 4.80. The maximum absolute atomic E-state index is 13.7. The van der Waals surface area contributed by atoms with Gasteiger partial charge in [-0.25, -0.2) is 4.39 Å². The highest BCUT2D eigenvalue weighted by Crippen LogP contribution is 2.21. The minimum absolute atomic E-state index is 0.00659. The zero-order chi connectivity index (χ0) is 16.9. The summed E-state index contributed by atoms with van der Waals surface area (Å²) in [4.78, 5) is 16.6. The molecule has 0 radical (unpaired) electrons. The molecule has 0 bridgehead atoms. The van der Waals surface area contributed by atoms with Gasteiger partial charge in [-0.15, -0.1) is 0 Å². The van der Waals surface area contributed by atoms with Gasteiger partial charge < -0.3 is 4.90 Å². The van der Waals surface area contributed by atoms with Crippen LogP contribution in [0, 0.1) is 5.82 Å². The van der Waals surface area contributed by atoms with Crippen LogP contribution in [-0.4, -0.2) is 41.9 Å². The average Bonchev–Trinajstić information content (AvgIpc) is 2.64. The molecule has 0 saturated carbocycles. The van der Waals surface area contributed by atoms with Gasteiger partial charge in [0.05, 0.1) is 6.42 Å². The van der Waals surface area contributed by atoms with E-state index in [1.807, 2.05) is 11.0 Å². The van der Waals surface area contributed by atoms with E-state index in [0.717, 1.165) is 13.1 Å². The maximum Gasteiger partial charge on any atom is 0.227 e. The zero-order valence-electron chi connectivity index (χ0n) is 14.0. The van der Waals surface area contributed by atoms with Crippen molar-refractivity contribution < 1.29 is 9.18 Å². The molecular weight excluding hydrogens is 303 g/mol. The van der Waals surface area contributed by atoms with Crippen LogP contribution in [0.5, 0.6) is 0 Å². The molecule has 1 saturated heterocycles. The zero-order valence-corrected chi connectivity index (χ0v) is 14.0. The first kappa shape index (κ1) is 16.7. The van der Waals surface area contributed by atoms with E-state index in [1.165, 1.54) is 11.6 Å². The fraction of sp³-hybridized carbons (Fsp3) is 0.350. The van der Waals surface area contributed by atoms with Gasteiger partial charge >= 0.3 is 0 Å². The van der Waals surface area contributed by atoms with Gasteiger partial charge in [-0.05, 0) is 24.1 Å². The van der Waals surface area contributed by atoms with Gasteiger partial charge in [-0.1, -0.05) is 48.5 Å². The minimum Gasteiger partial charge on any atom is -0.340 e. The maximum atomic E-state index is 13.7. The summed E-state index contributed by atoms with van der Waals surface area (Å²) in [5.74, 6) is -0.297. The normalized spacial score (nSPS) is 16.8. The number of carbonyl (C=O) groups is 1. The Kier molecular flexibility index (Phi) is 5.26. The standard InChI is InChI=1S/C20H23FN2O/c1-16(17-7-3-2-4-8-17)22-11-13-23(14-12-22)20(24)15-18-9-5-6-10-19(18)21/h2-10,16H,11-15H2,1H3. The van der Waals surface area contributed by atoms with Crippen molar-refractivity contribution in [1.82, 2.24) is 9.80 Å². The van der Waals surface area contributed by atoms with Crippen molar-refractivity contribution in [1.29, 1.82) is 0 Å². The van der Waals surface area contributed by atoms with E-state index in [-0.39, 0.29) is 18.1 Å². The van der Waals surface area contributed by atoms with Crippen molar-refractivity contribution >= 4 is 5.91 Å². The van der Waals surface area contributed by atoms with Crippen molar-refractivity contribution in [3.63, 3.8) is 0 Å². The van der Waals surface area contributed by atoms with Gasteiger partial charge in [0.2, 0.25) is 5.91 Å². The lowest BCUT2D eigenvalue weighted by atomic mass is 10.1. The summed E-state index contributed by atoms with van der Waals surface area (Å²) in [5.41, 5.74) is 1.77. The summed E-state index contributed by atoms with van der Waals surface area (Å²) in [5, 5.41) is 0. The fourth-order valence-corrected chi connectivity index (χ4v) is 3.22.